The van der Waals surface area contributed by atoms with Crippen molar-refractivity contribution in [3.63, 3.8) is 0 Å². The predicted octanol–water partition coefficient (Wildman–Crippen LogP) is 1.35. The lowest BCUT2D eigenvalue weighted by Gasteiger charge is -2.14. The number of hydrogen-bond acceptors (Lipinski definition) is 3. The maximum absolute atomic E-state index is 11.9. The van der Waals surface area contributed by atoms with E-state index in [1.165, 1.54) is 12.1 Å². The van der Waals surface area contributed by atoms with Crippen LogP contribution in [-0.4, -0.2) is 29.5 Å². The third-order valence-electron chi connectivity index (χ3n) is 2.75. The van der Waals surface area contributed by atoms with Crippen LogP contribution in [0.1, 0.15) is 36.2 Å². The Morgan fingerprint density at radius 2 is 2.05 bits per heavy atom. The summed E-state index contributed by atoms with van der Waals surface area (Å²) in [6.45, 7) is 5.90. The number of carbonyl (C=O) groups excluding carboxylic acids is 2. The number of benzene rings is 1. The van der Waals surface area contributed by atoms with Gasteiger partial charge in [-0.25, -0.2) is 0 Å². The third-order valence-corrected chi connectivity index (χ3v) is 2.75. The van der Waals surface area contributed by atoms with Crippen molar-refractivity contribution >= 4 is 11.8 Å². The number of phenolic OH excluding ortho intramolecular Hbond substituents is 1. The normalized spacial score (nSPS) is 11.7. The van der Waals surface area contributed by atoms with Gasteiger partial charge in [0, 0.05) is 12.1 Å². The van der Waals surface area contributed by atoms with E-state index in [0.717, 1.165) is 6.42 Å². The summed E-state index contributed by atoms with van der Waals surface area (Å²) in [5.74, 6) is -0.391. The average Bonchev–Trinajstić information content (AvgIpc) is 2.38. The van der Waals surface area contributed by atoms with Crippen molar-refractivity contribution in [2.75, 3.05) is 6.54 Å². The molecule has 0 saturated carbocycles. The first-order valence-corrected chi connectivity index (χ1v) is 6.34. The molecule has 0 fully saturated rings. The molecule has 19 heavy (non-hydrogen) atoms. The second kappa shape index (κ2) is 6.78. The standard InChI is InChI=1S/C14H20N2O3/c1-4-7-15-13(18)10(3)16-14(19)11-5-6-12(17)9(2)8-11/h5-6,8,10,17H,4,7H2,1-3H3,(H,15,18)(H,16,19). The predicted molar refractivity (Wildman–Crippen MR) is 73.1 cm³/mol. The Morgan fingerprint density at radius 3 is 2.63 bits per heavy atom. The van der Waals surface area contributed by atoms with Gasteiger partial charge in [0.15, 0.2) is 0 Å². The first-order valence-electron chi connectivity index (χ1n) is 6.34. The molecule has 1 aromatic rings. The minimum Gasteiger partial charge on any atom is -0.508 e. The molecule has 2 amide bonds. The Balaban J connectivity index is 2.63. The van der Waals surface area contributed by atoms with Gasteiger partial charge in [0.1, 0.15) is 11.8 Å². The minimum atomic E-state index is -0.590. The zero-order valence-electron chi connectivity index (χ0n) is 11.5. The van der Waals surface area contributed by atoms with Crippen molar-refractivity contribution in [1.29, 1.82) is 0 Å². The van der Waals surface area contributed by atoms with E-state index in [2.05, 4.69) is 10.6 Å². The van der Waals surface area contributed by atoms with E-state index in [4.69, 9.17) is 0 Å². The maximum Gasteiger partial charge on any atom is 0.251 e. The fourth-order valence-electron chi connectivity index (χ4n) is 1.54. The summed E-state index contributed by atoms with van der Waals surface area (Å²) in [5, 5.41) is 14.7. The molecule has 0 aliphatic carbocycles. The first kappa shape index (κ1) is 15.0. The molecule has 0 spiro atoms. The molecule has 5 heteroatoms. The highest BCUT2D eigenvalue weighted by molar-refractivity contribution is 5.97. The highest BCUT2D eigenvalue weighted by atomic mass is 16.3. The van der Waals surface area contributed by atoms with Crippen molar-refractivity contribution in [2.24, 2.45) is 0 Å². The summed E-state index contributed by atoms with van der Waals surface area (Å²) in [4.78, 5) is 23.5. The van der Waals surface area contributed by atoms with Crippen LogP contribution in [-0.2, 0) is 4.79 Å². The first-order chi connectivity index (χ1) is 8.95. The molecular formula is C14H20N2O3. The third kappa shape index (κ3) is 4.28. The van der Waals surface area contributed by atoms with Crippen LogP contribution in [0.25, 0.3) is 0 Å². The average molecular weight is 264 g/mol. The molecule has 0 aliphatic rings. The Bertz CT molecular complexity index is 472. The molecule has 0 saturated heterocycles. The van der Waals surface area contributed by atoms with Gasteiger partial charge in [0.2, 0.25) is 5.91 Å². The highest BCUT2D eigenvalue weighted by Gasteiger charge is 2.16. The van der Waals surface area contributed by atoms with Gasteiger partial charge >= 0.3 is 0 Å². The van der Waals surface area contributed by atoms with Crippen LogP contribution in [0.5, 0.6) is 5.75 Å². The van der Waals surface area contributed by atoms with Gasteiger partial charge in [-0.2, -0.15) is 0 Å². The van der Waals surface area contributed by atoms with Crippen LogP contribution < -0.4 is 10.6 Å². The lowest BCUT2D eigenvalue weighted by molar-refractivity contribution is -0.122. The number of amides is 2. The lowest BCUT2D eigenvalue weighted by atomic mass is 10.1. The Labute approximate surface area is 113 Å². The highest BCUT2D eigenvalue weighted by Crippen LogP contribution is 2.16. The van der Waals surface area contributed by atoms with Gasteiger partial charge in [-0.1, -0.05) is 6.92 Å². The molecule has 0 bridgehead atoms. The van der Waals surface area contributed by atoms with Crippen molar-refractivity contribution in [3.05, 3.63) is 29.3 Å². The Morgan fingerprint density at radius 1 is 1.37 bits per heavy atom. The number of carbonyl (C=O) groups is 2. The molecular weight excluding hydrogens is 244 g/mol. The monoisotopic (exact) mass is 264 g/mol. The molecule has 5 nitrogen and oxygen atoms in total. The van der Waals surface area contributed by atoms with Crippen LogP contribution in [0.2, 0.25) is 0 Å². The quantitative estimate of drug-likeness (QED) is 0.751. The van der Waals surface area contributed by atoms with E-state index < -0.39 is 6.04 Å². The van der Waals surface area contributed by atoms with Gasteiger partial charge in [0.05, 0.1) is 0 Å². The van der Waals surface area contributed by atoms with E-state index in [-0.39, 0.29) is 17.6 Å². The number of rotatable bonds is 5. The number of aryl methyl sites for hydroxylation is 1. The molecule has 1 aromatic carbocycles. The Hall–Kier alpha value is -2.04. The molecule has 1 atom stereocenters. The largest absolute Gasteiger partial charge is 0.508 e. The van der Waals surface area contributed by atoms with E-state index in [0.29, 0.717) is 17.7 Å². The SMILES string of the molecule is CCCNC(=O)C(C)NC(=O)c1ccc(O)c(C)c1. The summed E-state index contributed by atoms with van der Waals surface area (Å²) in [6.07, 6.45) is 0.851. The number of phenols is 1. The van der Waals surface area contributed by atoms with E-state index >= 15 is 0 Å². The number of nitrogens with one attached hydrogen (secondary N) is 2. The molecule has 0 aromatic heterocycles. The van der Waals surface area contributed by atoms with Gasteiger partial charge in [-0.15, -0.1) is 0 Å². The van der Waals surface area contributed by atoms with Crippen LogP contribution in [0.3, 0.4) is 0 Å². The summed E-state index contributed by atoms with van der Waals surface area (Å²) < 4.78 is 0. The Kier molecular flexibility index (Phi) is 5.36. The molecule has 0 heterocycles. The second-order valence-electron chi connectivity index (χ2n) is 4.49. The van der Waals surface area contributed by atoms with Gasteiger partial charge in [-0.05, 0) is 44.0 Å². The summed E-state index contributed by atoms with van der Waals surface area (Å²) in [6, 6.07) is 3.98. The lowest BCUT2D eigenvalue weighted by Crippen LogP contribution is -2.45. The molecule has 1 unspecified atom stereocenters. The number of hydrogen-bond donors (Lipinski definition) is 3. The van der Waals surface area contributed by atoms with E-state index in [1.54, 1.807) is 19.9 Å². The molecule has 3 N–H and O–H groups in total. The fourth-order valence-corrected chi connectivity index (χ4v) is 1.54. The zero-order valence-corrected chi connectivity index (χ0v) is 11.5. The molecule has 0 radical (unpaired) electrons. The van der Waals surface area contributed by atoms with E-state index in [9.17, 15) is 14.7 Å². The zero-order chi connectivity index (χ0) is 14.4. The molecule has 104 valence electrons. The van der Waals surface area contributed by atoms with Crippen molar-refractivity contribution in [1.82, 2.24) is 10.6 Å². The van der Waals surface area contributed by atoms with Crippen molar-refractivity contribution in [3.8, 4) is 5.75 Å². The van der Waals surface area contributed by atoms with E-state index in [1.807, 2.05) is 6.92 Å². The topological polar surface area (TPSA) is 78.4 Å². The molecule has 0 aliphatic heterocycles. The second-order valence-corrected chi connectivity index (χ2v) is 4.49. The van der Waals surface area contributed by atoms with Crippen LogP contribution in [0.4, 0.5) is 0 Å². The summed E-state index contributed by atoms with van der Waals surface area (Å²) in [7, 11) is 0. The smallest absolute Gasteiger partial charge is 0.251 e. The fraction of sp³-hybridized carbons (Fsp3) is 0.429. The summed E-state index contributed by atoms with van der Waals surface area (Å²) >= 11 is 0. The minimum absolute atomic E-state index is 0.144. The van der Waals surface area contributed by atoms with Crippen molar-refractivity contribution in [2.45, 2.75) is 33.2 Å². The maximum atomic E-state index is 11.9. The number of aromatic hydroxyl groups is 1. The van der Waals surface area contributed by atoms with Crippen molar-refractivity contribution < 1.29 is 14.7 Å². The van der Waals surface area contributed by atoms with Crippen LogP contribution >= 0.6 is 0 Å². The van der Waals surface area contributed by atoms with Crippen LogP contribution in [0, 0.1) is 6.92 Å². The van der Waals surface area contributed by atoms with Gasteiger partial charge in [-0.3, -0.25) is 9.59 Å². The van der Waals surface area contributed by atoms with Gasteiger partial charge < -0.3 is 15.7 Å². The van der Waals surface area contributed by atoms with Gasteiger partial charge in [0.25, 0.3) is 5.91 Å². The summed E-state index contributed by atoms with van der Waals surface area (Å²) in [5.41, 5.74) is 1.04. The molecule has 1 rings (SSSR count). The van der Waals surface area contributed by atoms with Crippen LogP contribution in [0.15, 0.2) is 18.2 Å².